The van der Waals surface area contributed by atoms with Crippen molar-refractivity contribution in [3.05, 3.63) is 45.9 Å². The highest BCUT2D eigenvalue weighted by molar-refractivity contribution is 9.10. The number of rotatable bonds is 2. The van der Waals surface area contributed by atoms with Gasteiger partial charge in [0.15, 0.2) is 0 Å². The van der Waals surface area contributed by atoms with Crippen molar-refractivity contribution in [1.82, 2.24) is 9.78 Å². The summed E-state index contributed by atoms with van der Waals surface area (Å²) in [6.07, 6.45) is 1.59. The average Bonchev–Trinajstić information content (AvgIpc) is 2.63. The summed E-state index contributed by atoms with van der Waals surface area (Å²) in [6, 6.07) is 4.37. The summed E-state index contributed by atoms with van der Waals surface area (Å²) in [4.78, 5) is 12.0. The van der Waals surface area contributed by atoms with Crippen LogP contribution in [-0.2, 0) is 7.05 Å². The number of nitrogens with one attached hydrogen (secondary N) is 1. The van der Waals surface area contributed by atoms with E-state index < -0.39 is 5.82 Å². The van der Waals surface area contributed by atoms with E-state index in [1.165, 1.54) is 16.8 Å². The Morgan fingerprint density at radius 1 is 1.50 bits per heavy atom. The predicted molar refractivity (Wildman–Crippen MR) is 70.0 cm³/mol. The number of aromatic nitrogens is 2. The second-order valence-corrected chi connectivity index (χ2v) is 4.79. The summed E-state index contributed by atoms with van der Waals surface area (Å²) in [5.74, 6) is -0.865. The minimum Gasteiger partial charge on any atom is -0.318 e. The van der Waals surface area contributed by atoms with Crippen molar-refractivity contribution < 1.29 is 9.18 Å². The Bertz CT molecular complexity index is 590. The molecule has 94 valence electrons. The van der Waals surface area contributed by atoms with Gasteiger partial charge in [-0.3, -0.25) is 9.48 Å². The smallest absolute Gasteiger partial charge is 0.274 e. The number of amides is 1. The summed E-state index contributed by atoms with van der Waals surface area (Å²) >= 11 is 3.23. The van der Waals surface area contributed by atoms with Gasteiger partial charge in [-0.2, -0.15) is 5.10 Å². The Kier molecular flexibility index (Phi) is 3.47. The molecule has 4 nitrogen and oxygen atoms in total. The fourth-order valence-electron chi connectivity index (χ4n) is 1.65. The number of carbonyl (C=O) groups excluding carboxylic acids is 1. The topological polar surface area (TPSA) is 46.9 Å². The molecule has 0 atom stereocenters. The average molecular weight is 312 g/mol. The molecule has 0 fully saturated rings. The SMILES string of the molecule is Cc1cnn(C)c1C(=O)Nc1cc(Br)ccc1F. The normalized spacial score (nSPS) is 10.4. The molecule has 0 unspecified atom stereocenters. The summed E-state index contributed by atoms with van der Waals surface area (Å²) in [6.45, 7) is 1.78. The Morgan fingerprint density at radius 2 is 2.22 bits per heavy atom. The van der Waals surface area contributed by atoms with Crippen molar-refractivity contribution in [1.29, 1.82) is 0 Å². The number of carbonyl (C=O) groups is 1. The molecule has 1 heterocycles. The predicted octanol–water partition coefficient (Wildman–Crippen LogP) is 2.88. The van der Waals surface area contributed by atoms with Crippen molar-refractivity contribution >= 4 is 27.5 Å². The number of anilines is 1. The van der Waals surface area contributed by atoms with Crippen molar-refractivity contribution in [2.24, 2.45) is 7.05 Å². The molecule has 0 aliphatic carbocycles. The van der Waals surface area contributed by atoms with E-state index in [0.29, 0.717) is 10.2 Å². The lowest BCUT2D eigenvalue weighted by molar-refractivity contribution is 0.101. The Labute approximate surface area is 112 Å². The summed E-state index contributed by atoms with van der Waals surface area (Å²) in [7, 11) is 1.67. The summed E-state index contributed by atoms with van der Waals surface area (Å²) < 4.78 is 15.7. The highest BCUT2D eigenvalue weighted by atomic mass is 79.9. The van der Waals surface area contributed by atoms with Gasteiger partial charge in [0.05, 0.1) is 11.9 Å². The summed E-state index contributed by atoms with van der Waals surface area (Å²) in [5, 5.41) is 6.50. The fourth-order valence-corrected chi connectivity index (χ4v) is 2.01. The van der Waals surface area contributed by atoms with Gasteiger partial charge in [-0.1, -0.05) is 15.9 Å². The van der Waals surface area contributed by atoms with Crippen LogP contribution in [0.2, 0.25) is 0 Å². The molecule has 0 aliphatic heterocycles. The molecule has 6 heteroatoms. The first-order valence-electron chi connectivity index (χ1n) is 5.24. The Hall–Kier alpha value is -1.69. The van der Waals surface area contributed by atoms with Crippen LogP contribution in [0.5, 0.6) is 0 Å². The molecule has 0 aliphatic rings. The van der Waals surface area contributed by atoms with Gasteiger partial charge in [0.25, 0.3) is 5.91 Å². The van der Waals surface area contributed by atoms with Crippen molar-refractivity contribution in [2.45, 2.75) is 6.92 Å². The molecule has 18 heavy (non-hydrogen) atoms. The molecule has 0 bridgehead atoms. The van der Waals surface area contributed by atoms with Crippen LogP contribution < -0.4 is 5.32 Å². The molecule has 1 aromatic carbocycles. The van der Waals surface area contributed by atoms with Crippen LogP contribution >= 0.6 is 15.9 Å². The number of hydrogen-bond acceptors (Lipinski definition) is 2. The van der Waals surface area contributed by atoms with Crippen molar-refractivity contribution in [3.8, 4) is 0 Å². The number of hydrogen-bond donors (Lipinski definition) is 1. The van der Waals surface area contributed by atoms with Gasteiger partial charge in [0.2, 0.25) is 0 Å². The third kappa shape index (κ3) is 2.43. The van der Waals surface area contributed by atoms with Gasteiger partial charge in [-0.25, -0.2) is 4.39 Å². The number of aryl methyl sites for hydroxylation is 2. The Morgan fingerprint density at radius 3 is 2.83 bits per heavy atom. The fraction of sp³-hybridized carbons (Fsp3) is 0.167. The van der Waals surface area contributed by atoms with Crippen LogP contribution in [0, 0.1) is 12.7 Å². The van der Waals surface area contributed by atoms with Crippen LogP contribution in [-0.4, -0.2) is 15.7 Å². The quantitative estimate of drug-likeness (QED) is 0.927. The number of benzene rings is 1. The first kappa shape index (κ1) is 12.8. The van der Waals surface area contributed by atoms with E-state index >= 15 is 0 Å². The number of nitrogens with zero attached hydrogens (tertiary/aromatic N) is 2. The second kappa shape index (κ2) is 4.89. The van der Waals surface area contributed by atoms with Crippen LogP contribution in [0.1, 0.15) is 16.1 Å². The molecule has 0 saturated heterocycles. The minimum atomic E-state index is -0.480. The number of halogens is 2. The van der Waals surface area contributed by atoms with Crippen LogP contribution in [0.15, 0.2) is 28.9 Å². The van der Waals surface area contributed by atoms with Gasteiger partial charge >= 0.3 is 0 Å². The monoisotopic (exact) mass is 311 g/mol. The lowest BCUT2D eigenvalue weighted by Crippen LogP contribution is -2.18. The molecular formula is C12H11BrFN3O. The van der Waals surface area contributed by atoms with E-state index in [4.69, 9.17) is 0 Å². The second-order valence-electron chi connectivity index (χ2n) is 3.88. The summed E-state index contributed by atoms with van der Waals surface area (Å²) in [5.41, 5.74) is 1.29. The zero-order valence-electron chi connectivity index (χ0n) is 9.87. The van der Waals surface area contributed by atoms with Gasteiger partial charge in [0.1, 0.15) is 11.5 Å². The van der Waals surface area contributed by atoms with Gasteiger partial charge in [0, 0.05) is 11.5 Å². The third-order valence-electron chi connectivity index (χ3n) is 2.51. The van der Waals surface area contributed by atoms with Gasteiger partial charge in [-0.15, -0.1) is 0 Å². The van der Waals surface area contributed by atoms with E-state index in [2.05, 4.69) is 26.3 Å². The molecule has 1 N–H and O–H groups in total. The highest BCUT2D eigenvalue weighted by Gasteiger charge is 2.15. The largest absolute Gasteiger partial charge is 0.318 e. The molecule has 2 rings (SSSR count). The Balaban J connectivity index is 2.30. The third-order valence-corrected chi connectivity index (χ3v) is 3.01. The molecule has 1 amide bonds. The maximum absolute atomic E-state index is 13.5. The molecule has 0 radical (unpaired) electrons. The standard InChI is InChI=1S/C12H11BrFN3O/c1-7-6-15-17(2)11(7)12(18)16-10-5-8(13)3-4-9(10)14/h3-6H,1-2H3,(H,16,18). The minimum absolute atomic E-state index is 0.134. The first-order valence-corrected chi connectivity index (χ1v) is 6.03. The van der Waals surface area contributed by atoms with Crippen molar-refractivity contribution in [2.75, 3.05) is 5.32 Å². The van der Waals surface area contributed by atoms with E-state index in [0.717, 1.165) is 5.56 Å². The van der Waals surface area contributed by atoms with Crippen LogP contribution in [0.4, 0.5) is 10.1 Å². The molecule has 0 spiro atoms. The first-order chi connectivity index (χ1) is 8.49. The van der Waals surface area contributed by atoms with Gasteiger partial charge in [-0.05, 0) is 30.7 Å². The maximum Gasteiger partial charge on any atom is 0.274 e. The maximum atomic E-state index is 13.5. The van der Waals surface area contributed by atoms with Gasteiger partial charge < -0.3 is 5.32 Å². The zero-order chi connectivity index (χ0) is 13.3. The molecule has 2 aromatic rings. The van der Waals surface area contributed by atoms with Crippen molar-refractivity contribution in [3.63, 3.8) is 0 Å². The van der Waals surface area contributed by atoms with Crippen LogP contribution in [0.25, 0.3) is 0 Å². The zero-order valence-corrected chi connectivity index (χ0v) is 11.5. The highest BCUT2D eigenvalue weighted by Crippen LogP contribution is 2.21. The molecule has 0 saturated carbocycles. The van der Waals surface area contributed by atoms with E-state index in [-0.39, 0.29) is 11.6 Å². The molecular weight excluding hydrogens is 301 g/mol. The lowest BCUT2D eigenvalue weighted by atomic mass is 10.2. The lowest BCUT2D eigenvalue weighted by Gasteiger charge is -2.08. The van der Waals surface area contributed by atoms with E-state index in [1.54, 1.807) is 26.2 Å². The van der Waals surface area contributed by atoms with Crippen LogP contribution in [0.3, 0.4) is 0 Å². The van der Waals surface area contributed by atoms with E-state index in [9.17, 15) is 9.18 Å². The molecule has 1 aromatic heterocycles. The van der Waals surface area contributed by atoms with E-state index in [1.807, 2.05) is 0 Å².